The number of ether oxygens (including phenoxy) is 1. The van der Waals surface area contributed by atoms with E-state index in [0.29, 0.717) is 18.8 Å². The number of hydrogen-bond donors (Lipinski definition) is 1. The maximum absolute atomic E-state index is 12.3. The summed E-state index contributed by atoms with van der Waals surface area (Å²) < 4.78 is 28.4. The van der Waals surface area contributed by atoms with Crippen LogP contribution in [0.3, 0.4) is 0 Å². The van der Waals surface area contributed by atoms with Crippen molar-refractivity contribution in [2.24, 2.45) is 11.1 Å². The third-order valence-electron chi connectivity index (χ3n) is 4.97. The van der Waals surface area contributed by atoms with Crippen LogP contribution in [0.5, 0.6) is 5.75 Å². The van der Waals surface area contributed by atoms with E-state index in [9.17, 15) is 13.2 Å². The molecule has 2 rings (SSSR count). The first-order valence-corrected chi connectivity index (χ1v) is 10.9. The second-order valence-electron chi connectivity index (χ2n) is 7.75. The molecule has 1 aliphatic heterocycles. The van der Waals surface area contributed by atoms with Crippen molar-refractivity contribution in [3.63, 3.8) is 0 Å². The van der Waals surface area contributed by atoms with Gasteiger partial charge in [-0.25, -0.2) is 8.42 Å². The minimum Gasteiger partial charge on any atom is -0.494 e. The number of piperidine rings is 1. The van der Waals surface area contributed by atoms with Crippen molar-refractivity contribution in [3.05, 3.63) is 24.3 Å². The molecule has 7 heteroatoms. The number of nitrogens with zero attached hydrogens (tertiary/aromatic N) is 1. The molecule has 26 heavy (non-hydrogen) atoms. The predicted octanol–water partition coefficient (Wildman–Crippen LogP) is 2.23. The number of nitrogens with two attached hydrogens (primary N) is 1. The van der Waals surface area contributed by atoms with E-state index in [-0.39, 0.29) is 22.3 Å². The fourth-order valence-electron chi connectivity index (χ4n) is 3.10. The van der Waals surface area contributed by atoms with E-state index in [4.69, 9.17) is 10.5 Å². The third kappa shape index (κ3) is 5.71. The number of carbonyl (C=O) groups is 1. The van der Waals surface area contributed by atoms with Gasteiger partial charge in [-0.1, -0.05) is 13.8 Å². The Labute approximate surface area is 156 Å². The topological polar surface area (TPSA) is 89.7 Å². The summed E-state index contributed by atoms with van der Waals surface area (Å²) in [5, 5.41) is 0. The summed E-state index contributed by atoms with van der Waals surface area (Å²) in [6.07, 6.45) is 4.09. The normalized spacial score (nSPS) is 20.0. The Morgan fingerprint density at radius 1 is 1.27 bits per heavy atom. The summed E-state index contributed by atoms with van der Waals surface area (Å²) in [6, 6.07) is 6.53. The van der Waals surface area contributed by atoms with Crippen LogP contribution < -0.4 is 10.5 Å². The van der Waals surface area contributed by atoms with Crippen molar-refractivity contribution < 1.29 is 17.9 Å². The summed E-state index contributed by atoms with van der Waals surface area (Å²) in [5.74, 6) is 0.818. The first-order valence-electron chi connectivity index (χ1n) is 9.06. The van der Waals surface area contributed by atoms with Gasteiger partial charge in [0.2, 0.25) is 5.91 Å². The molecule has 6 nitrogen and oxygen atoms in total. The van der Waals surface area contributed by atoms with Gasteiger partial charge >= 0.3 is 0 Å². The van der Waals surface area contributed by atoms with E-state index in [1.807, 2.05) is 4.90 Å². The predicted molar refractivity (Wildman–Crippen MR) is 102 cm³/mol. The van der Waals surface area contributed by atoms with Crippen molar-refractivity contribution in [3.8, 4) is 5.75 Å². The van der Waals surface area contributed by atoms with Crippen LogP contribution in [0, 0.1) is 5.41 Å². The average molecular weight is 383 g/mol. The number of amides is 1. The van der Waals surface area contributed by atoms with E-state index < -0.39 is 9.84 Å². The quantitative estimate of drug-likeness (QED) is 0.731. The molecule has 0 spiro atoms. The van der Waals surface area contributed by atoms with Gasteiger partial charge in [-0.3, -0.25) is 4.79 Å². The zero-order valence-corrected chi connectivity index (χ0v) is 16.7. The van der Waals surface area contributed by atoms with Crippen molar-refractivity contribution in [2.75, 3.05) is 26.0 Å². The van der Waals surface area contributed by atoms with Gasteiger partial charge in [0.25, 0.3) is 0 Å². The molecule has 1 aliphatic rings. The maximum Gasteiger partial charge on any atom is 0.222 e. The number of rotatable bonds is 7. The van der Waals surface area contributed by atoms with E-state index in [2.05, 4.69) is 13.8 Å². The Bertz CT molecular complexity index is 714. The lowest BCUT2D eigenvalue weighted by atomic mass is 9.79. The summed E-state index contributed by atoms with van der Waals surface area (Å²) in [4.78, 5) is 14.5. The van der Waals surface area contributed by atoms with Crippen molar-refractivity contribution in [2.45, 2.75) is 50.5 Å². The van der Waals surface area contributed by atoms with Gasteiger partial charge in [0.05, 0.1) is 11.5 Å². The van der Waals surface area contributed by atoms with Crippen LogP contribution in [0.2, 0.25) is 0 Å². The van der Waals surface area contributed by atoms with Crippen molar-refractivity contribution >= 4 is 15.7 Å². The largest absolute Gasteiger partial charge is 0.494 e. The molecular weight excluding hydrogens is 352 g/mol. The Morgan fingerprint density at radius 2 is 1.92 bits per heavy atom. The van der Waals surface area contributed by atoms with Crippen molar-refractivity contribution in [1.82, 2.24) is 4.90 Å². The molecule has 1 amide bonds. The number of carbonyl (C=O) groups excluding carboxylic acids is 1. The second-order valence-corrected chi connectivity index (χ2v) is 9.76. The molecule has 0 aliphatic carbocycles. The van der Waals surface area contributed by atoms with Gasteiger partial charge in [0.1, 0.15) is 5.75 Å². The lowest BCUT2D eigenvalue weighted by Gasteiger charge is -2.42. The van der Waals surface area contributed by atoms with Gasteiger partial charge in [0.15, 0.2) is 9.84 Å². The smallest absolute Gasteiger partial charge is 0.222 e. The number of unbranched alkanes of at least 4 members (excludes halogenated alkanes) is 1. The molecule has 1 aromatic carbocycles. The van der Waals surface area contributed by atoms with Gasteiger partial charge in [0, 0.05) is 31.8 Å². The number of likely N-dealkylation sites (tertiary alicyclic amines) is 1. The van der Waals surface area contributed by atoms with Gasteiger partial charge in [-0.05, 0) is 48.9 Å². The molecule has 1 atom stereocenters. The van der Waals surface area contributed by atoms with E-state index in [0.717, 1.165) is 32.4 Å². The van der Waals surface area contributed by atoms with Gasteiger partial charge < -0.3 is 15.4 Å². The lowest BCUT2D eigenvalue weighted by molar-refractivity contribution is -0.134. The molecule has 1 unspecified atom stereocenters. The Balaban J connectivity index is 1.68. The Kier molecular flexibility index (Phi) is 6.69. The van der Waals surface area contributed by atoms with E-state index >= 15 is 0 Å². The average Bonchev–Trinajstić information content (AvgIpc) is 2.56. The van der Waals surface area contributed by atoms with Crippen molar-refractivity contribution in [1.29, 1.82) is 0 Å². The number of benzene rings is 1. The SMILES string of the molecule is CC1(C)CN(C(=O)CCCCOc2ccc(S(C)(=O)=O)cc2)CCC1N. The summed E-state index contributed by atoms with van der Waals surface area (Å²) in [5.41, 5.74) is 6.08. The highest BCUT2D eigenvalue weighted by atomic mass is 32.2. The molecule has 0 saturated carbocycles. The molecule has 1 heterocycles. The molecule has 0 bridgehead atoms. The van der Waals surface area contributed by atoms with Crippen LogP contribution in [0.4, 0.5) is 0 Å². The summed E-state index contributed by atoms with van der Waals surface area (Å²) >= 11 is 0. The standard InChI is InChI=1S/C19H30N2O4S/c1-19(2)14-21(12-11-17(19)20)18(22)6-4-5-13-25-15-7-9-16(10-8-15)26(3,23)24/h7-10,17H,4-6,11-14,20H2,1-3H3. The third-order valence-corrected chi connectivity index (χ3v) is 6.10. The van der Waals surface area contributed by atoms with E-state index in [1.54, 1.807) is 12.1 Å². The molecule has 1 aromatic rings. The highest BCUT2D eigenvalue weighted by Gasteiger charge is 2.34. The zero-order valence-electron chi connectivity index (χ0n) is 15.9. The summed E-state index contributed by atoms with van der Waals surface area (Å²) in [7, 11) is -3.19. The van der Waals surface area contributed by atoms with Gasteiger partial charge in [-0.15, -0.1) is 0 Å². The molecule has 146 valence electrons. The van der Waals surface area contributed by atoms with Crippen LogP contribution in [0.15, 0.2) is 29.2 Å². The monoisotopic (exact) mass is 382 g/mol. The highest BCUT2D eigenvalue weighted by Crippen LogP contribution is 2.28. The Hall–Kier alpha value is -1.60. The molecular formula is C19H30N2O4S. The number of hydrogen-bond acceptors (Lipinski definition) is 5. The first-order chi connectivity index (χ1) is 12.1. The van der Waals surface area contributed by atoms with Crippen LogP contribution >= 0.6 is 0 Å². The minimum absolute atomic E-state index is 0.0326. The fraction of sp³-hybridized carbons (Fsp3) is 0.632. The number of sulfone groups is 1. The van der Waals surface area contributed by atoms with Crippen LogP contribution in [-0.4, -0.2) is 51.2 Å². The van der Waals surface area contributed by atoms with Crippen LogP contribution in [0.1, 0.15) is 39.5 Å². The lowest BCUT2D eigenvalue weighted by Crippen LogP contribution is -2.53. The van der Waals surface area contributed by atoms with Gasteiger partial charge in [-0.2, -0.15) is 0 Å². The molecule has 0 aromatic heterocycles. The second kappa shape index (κ2) is 8.39. The Morgan fingerprint density at radius 3 is 2.50 bits per heavy atom. The fourth-order valence-corrected chi connectivity index (χ4v) is 3.73. The molecule has 2 N–H and O–H groups in total. The zero-order chi connectivity index (χ0) is 19.4. The van der Waals surface area contributed by atoms with Crippen LogP contribution in [0.25, 0.3) is 0 Å². The first kappa shape index (κ1) is 20.7. The molecule has 1 saturated heterocycles. The van der Waals surface area contributed by atoms with Crippen LogP contribution in [-0.2, 0) is 14.6 Å². The highest BCUT2D eigenvalue weighted by molar-refractivity contribution is 7.90. The summed E-state index contributed by atoms with van der Waals surface area (Å²) in [6.45, 7) is 6.19. The minimum atomic E-state index is -3.19. The molecule has 1 fully saturated rings. The molecule has 0 radical (unpaired) electrons. The maximum atomic E-state index is 12.3. The van der Waals surface area contributed by atoms with E-state index in [1.165, 1.54) is 18.4 Å².